The smallest absolute Gasteiger partial charge is 0.340 e. The maximum absolute atomic E-state index is 13.3. The maximum Gasteiger partial charge on any atom is 0.340 e. The number of dihydropyridines is 1. The van der Waals surface area contributed by atoms with Crippen LogP contribution in [0.25, 0.3) is 0 Å². The number of hydrogen-bond acceptors (Lipinski definition) is 8. The molecular formula is C28H49N3O5. The first-order valence-corrected chi connectivity index (χ1v) is 13.5. The van der Waals surface area contributed by atoms with Gasteiger partial charge in [-0.05, 0) is 59.9 Å². The van der Waals surface area contributed by atoms with Gasteiger partial charge in [-0.25, -0.2) is 4.79 Å². The van der Waals surface area contributed by atoms with Crippen molar-refractivity contribution < 1.29 is 23.8 Å². The van der Waals surface area contributed by atoms with Crippen LogP contribution >= 0.6 is 0 Å². The van der Waals surface area contributed by atoms with Crippen LogP contribution in [0.3, 0.4) is 0 Å². The van der Waals surface area contributed by atoms with Crippen LogP contribution in [0.1, 0.15) is 81.1 Å². The topological polar surface area (TPSA) is 89.5 Å². The van der Waals surface area contributed by atoms with Crippen LogP contribution in [-0.2, 0) is 23.8 Å². The molecule has 0 bridgehead atoms. The van der Waals surface area contributed by atoms with Gasteiger partial charge in [-0.1, -0.05) is 20.8 Å². The SMILES string of the molecule is CCC(=O)CO[C@H](CNC)C1CC(N2CCC(C)(C)CC2)=C(C(OC(C)C)C(=O)OC(C)C)C(C)=N1. The number of nitrogens with zero attached hydrogens (tertiary/aromatic N) is 2. The van der Waals surface area contributed by atoms with Gasteiger partial charge < -0.3 is 24.4 Å². The standard InChI is InChI=1S/C28H49N3O5/c1-10-21(32)17-34-24(16-29-9)22-15-23(31-13-11-28(7,8)12-14-31)25(20(6)30-22)26(35-18(2)3)27(33)36-19(4)5/h18-19,22,24,26,29H,10-17H2,1-9H3/t22?,24-,26?/m1/s1. The summed E-state index contributed by atoms with van der Waals surface area (Å²) in [4.78, 5) is 32.7. The predicted octanol–water partition coefficient (Wildman–Crippen LogP) is 3.92. The molecule has 0 aromatic rings. The van der Waals surface area contributed by atoms with Crippen molar-refractivity contribution in [3.8, 4) is 0 Å². The van der Waals surface area contributed by atoms with Gasteiger partial charge >= 0.3 is 5.97 Å². The average molecular weight is 508 g/mol. The molecule has 206 valence electrons. The summed E-state index contributed by atoms with van der Waals surface area (Å²) in [5, 5.41) is 3.19. The van der Waals surface area contributed by atoms with Crippen molar-refractivity contribution in [2.45, 2.75) is 112 Å². The van der Waals surface area contributed by atoms with Crippen LogP contribution in [-0.4, -0.2) is 86.1 Å². The number of rotatable bonds is 13. The van der Waals surface area contributed by atoms with E-state index in [1.807, 2.05) is 48.6 Å². The van der Waals surface area contributed by atoms with Crippen molar-refractivity contribution in [3.05, 3.63) is 11.3 Å². The van der Waals surface area contributed by atoms with Gasteiger partial charge in [-0.15, -0.1) is 0 Å². The predicted molar refractivity (Wildman–Crippen MR) is 143 cm³/mol. The Balaban J connectivity index is 2.49. The molecule has 0 radical (unpaired) electrons. The molecule has 1 fully saturated rings. The second-order valence-electron chi connectivity index (χ2n) is 11.3. The number of esters is 1. The maximum atomic E-state index is 13.3. The van der Waals surface area contributed by atoms with E-state index in [1.165, 1.54) is 0 Å². The van der Waals surface area contributed by atoms with Crippen molar-refractivity contribution in [1.82, 2.24) is 10.2 Å². The lowest BCUT2D eigenvalue weighted by Gasteiger charge is -2.43. The molecule has 0 aromatic heterocycles. The number of likely N-dealkylation sites (N-methyl/N-ethyl adjacent to an activating group) is 1. The van der Waals surface area contributed by atoms with Crippen LogP contribution < -0.4 is 5.32 Å². The highest BCUT2D eigenvalue weighted by molar-refractivity contribution is 6.05. The van der Waals surface area contributed by atoms with Crippen molar-refractivity contribution >= 4 is 17.5 Å². The molecule has 36 heavy (non-hydrogen) atoms. The van der Waals surface area contributed by atoms with Gasteiger partial charge in [-0.2, -0.15) is 0 Å². The minimum absolute atomic E-state index is 0.0733. The number of ketones is 1. The molecule has 2 aliphatic heterocycles. The third-order valence-electron chi connectivity index (χ3n) is 6.88. The van der Waals surface area contributed by atoms with E-state index < -0.39 is 6.10 Å². The monoisotopic (exact) mass is 507 g/mol. The fourth-order valence-electron chi connectivity index (χ4n) is 4.73. The number of Topliss-reactive ketones (excluding diaryl/α,β-unsaturated/α-hetero) is 1. The number of ether oxygens (including phenoxy) is 3. The van der Waals surface area contributed by atoms with Gasteiger partial charge in [0, 0.05) is 49.5 Å². The van der Waals surface area contributed by atoms with Crippen LogP contribution in [0.5, 0.6) is 0 Å². The summed E-state index contributed by atoms with van der Waals surface area (Å²) in [6.45, 7) is 18.4. The van der Waals surface area contributed by atoms with Crippen molar-refractivity contribution in [2.24, 2.45) is 10.4 Å². The van der Waals surface area contributed by atoms with Gasteiger partial charge in [0.25, 0.3) is 0 Å². The second-order valence-corrected chi connectivity index (χ2v) is 11.3. The Bertz CT molecular complexity index is 808. The van der Waals surface area contributed by atoms with E-state index >= 15 is 0 Å². The highest BCUT2D eigenvalue weighted by Gasteiger charge is 2.39. The van der Waals surface area contributed by atoms with Crippen LogP contribution in [0.15, 0.2) is 16.3 Å². The first-order valence-electron chi connectivity index (χ1n) is 13.5. The number of nitrogens with one attached hydrogen (secondary N) is 1. The Hall–Kier alpha value is -1.77. The highest BCUT2D eigenvalue weighted by atomic mass is 16.6. The summed E-state index contributed by atoms with van der Waals surface area (Å²) in [5.74, 6) is -0.308. The Morgan fingerprint density at radius 1 is 1.14 bits per heavy atom. The molecule has 0 aliphatic carbocycles. The Morgan fingerprint density at radius 2 is 1.78 bits per heavy atom. The van der Waals surface area contributed by atoms with E-state index in [4.69, 9.17) is 19.2 Å². The van der Waals surface area contributed by atoms with Crippen LogP contribution in [0.2, 0.25) is 0 Å². The Kier molecular flexibility index (Phi) is 11.6. The zero-order valence-electron chi connectivity index (χ0n) is 24.0. The molecule has 2 heterocycles. The lowest BCUT2D eigenvalue weighted by atomic mass is 9.81. The summed E-state index contributed by atoms with van der Waals surface area (Å²) in [6.07, 6.45) is 1.70. The lowest BCUT2D eigenvalue weighted by Crippen LogP contribution is -2.46. The van der Waals surface area contributed by atoms with Gasteiger partial charge in [-0.3, -0.25) is 9.79 Å². The normalized spacial score (nSPS) is 22.0. The first kappa shape index (κ1) is 30.5. The largest absolute Gasteiger partial charge is 0.461 e. The Morgan fingerprint density at radius 3 is 2.31 bits per heavy atom. The number of likely N-dealkylation sites (tertiary alicyclic amines) is 1. The number of piperidine rings is 1. The third-order valence-corrected chi connectivity index (χ3v) is 6.88. The van der Waals surface area contributed by atoms with Gasteiger partial charge in [0.05, 0.1) is 24.4 Å². The minimum Gasteiger partial charge on any atom is -0.461 e. The van der Waals surface area contributed by atoms with Crippen molar-refractivity contribution in [2.75, 3.05) is 33.3 Å². The molecule has 0 aromatic carbocycles. The fourth-order valence-corrected chi connectivity index (χ4v) is 4.73. The summed E-state index contributed by atoms with van der Waals surface area (Å²) >= 11 is 0. The second kappa shape index (κ2) is 13.7. The van der Waals surface area contributed by atoms with Crippen molar-refractivity contribution in [3.63, 3.8) is 0 Å². The molecule has 0 amide bonds. The van der Waals surface area contributed by atoms with Gasteiger partial charge in [0.15, 0.2) is 11.9 Å². The summed E-state index contributed by atoms with van der Waals surface area (Å²) in [5.41, 5.74) is 2.96. The number of hydrogen-bond donors (Lipinski definition) is 1. The summed E-state index contributed by atoms with van der Waals surface area (Å²) in [6, 6.07) is -0.170. The molecule has 1 N–H and O–H groups in total. The zero-order valence-corrected chi connectivity index (χ0v) is 24.0. The van der Waals surface area contributed by atoms with E-state index in [0.29, 0.717) is 19.4 Å². The van der Waals surface area contributed by atoms with Crippen molar-refractivity contribution in [1.29, 1.82) is 0 Å². The van der Waals surface area contributed by atoms with E-state index in [0.717, 1.165) is 42.9 Å². The molecule has 8 nitrogen and oxygen atoms in total. The molecular weight excluding hydrogens is 458 g/mol. The summed E-state index contributed by atoms with van der Waals surface area (Å²) in [7, 11) is 1.88. The zero-order chi connectivity index (χ0) is 27.0. The fraction of sp³-hybridized carbons (Fsp3) is 0.821. The molecule has 0 spiro atoms. The van der Waals surface area contributed by atoms with E-state index in [9.17, 15) is 9.59 Å². The lowest BCUT2D eigenvalue weighted by molar-refractivity contribution is -0.160. The molecule has 1 saturated heterocycles. The Labute approximate surface area is 218 Å². The van der Waals surface area contributed by atoms with E-state index in [2.05, 4.69) is 24.1 Å². The quantitative estimate of drug-likeness (QED) is 0.378. The van der Waals surface area contributed by atoms with Gasteiger partial charge in [0.1, 0.15) is 6.61 Å². The molecule has 3 atom stereocenters. The molecule has 2 unspecified atom stereocenters. The summed E-state index contributed by atoms with van der Waals surface area (Å²) < 4.78 is 17.9. The average Bonchev–Trinajstić information content (AvgIpc) is 2.79. The minimum atomic E-state index is -0.840. The first-order chi connectivity index (χ1) is 16.9. The van der Waals surface area contributed by atoms with Crippen LogP contribution in [0.4, 0.5) is 0 Å². The number of carbonyl (C=O) groups excluding carboxylic acids is 2. The molecule has 2 aliphatic rings. The molecule has 0 saturated carbocycles. The van der Waals surface area contributed by atoms with Crippen LogP contribution in [0, 0.1) is 5.41 Å². The third kappa shape index (κ3) is 8.67. The number of carbonyl (C=O) groups is 2. The molecule has 8 heteroatoms. The molecule has 2 rings (SSSR count). The van der Waals surface area contributed by atoms with Gasteiger partial charge in [0.2, 0.25) is 0 Å². The van der Waals surface area contributed by atoms with E-state index in [-0.39, 0.29) is 48.1 Å². The number of aliphatic imine (C=N–C) groups is 1. The highest BCUT2D eigenvalue weighted by Crippen LogP contribution is 2.36. The van der Waals surface area contributed by atoms with E-state index in [1.54, 1.807) is 0 Å².